The SMILES string of the molecule is COc1cc2c(Oc3ccc(-c4cncn(Cc5ccccc5)c4=O)cc3F)ccnc2cc1OCCCN1CCOCC1. The highest BCUT2D eigenvalue weighted by Gasteiger charge is 2.16. The van der Waals surface area contributed by atoms with Crippen LogP contribution in [0.3, 0.4) is 0 Å². The minimum atomic E-state index is -0.613. The highest BCUT2D eigenvalue weighted by Crippen LogP contribution is 2.38. The van der Waals surface area contributed by atoms with Crippen LogP contribution in [0.2, 0.25) is 0 Å². The molecule has 1 aliphatic rings. The van der Waals surface area contributed by atoms with Gasteiger partial charge in [0.05, 0.1) is 50.9 Å². The second-order valence-corrected chi connectivity index (χ2v) is 10.5. The third-order valence-electron chi connectivity index (χ3n) is 7.53. The number of hydrogen-bond acceptors (Lipinski definition) is 8. The summed E-state index contributed by atoms with van der Waals surface area (Å²) in [5.74, 6) is 0.914. The normalized spacial score (nSPS) is 13.6. The molecule has 1 aliphatic heterocycles. The molecule has 2 aromatic heterocycles. The maximum atomic E-state index is 15.4. The number of methoxy groups -OCH3 is 1. The van der Waals surface area contributed by atoms with Crippen molar-refractivity contribution in [3.63, 3.8) is 0 Å². The van der Waals surface area contributed by atoms with Gasteiger partial charge in [0.2, 0.25) is 0 Å². The monoisotopic (exact) mass is 596 g/mol. The van der Waals surface area contributed by atoms with Crippen molar-refractivity contribution >= 4 is 10.9 Å². The number of morpholine rings is 1. The van der Waals surface area contributed by atoms with Crippen LogP contribution in [0.25, 0.3) is 22.0 Å². The summed E-state index contributed by atoms with van der Waals surface area (Å²) in [6.07, 6.45) is 5.40. The molecule has 3 aromatic carbocycles. The molecule has 1 fully saturated rings. The molecule has 3 heterocycles. The highest BCUT2D eigenvalue weighted by atomic mass is 19.1. The Hall–Kier alpha value is -4.80. The molecule has 0 amide bonds. The second-order valence-electron chi connectivity index (χ2n) is 10.5. The summed E-state index contributed by atoms with van der Waals surface area (Å²) in [6, 6.07) is 19.3. The maximum absolute atomic E-state index is 15.4. The maximum Gasteiger partial charge on any atom is 0.261 e. The minimum Gasteiger partial charge on any atom is -0.493 e. The number of ether oxygens (including phenoxy) is 4. The molecule has 5 aromatic rings. The van der Waals surface area contributed by atoms with Crippen LogP contribution in [0.15, 0.2) is 90.2 Å². The van der Waals surface area contributed by atoms with Crippen LogP contribution in [0.1, 0.15) is 12.0 Å². The van der Waals surface area contributed by atoms with Crippen LogP contribution in [-0.4, -0.2) is 66.0 Å². The van der Waals surface area contributed by atoms with E-state index in [0.717, 1.165) is 44.8 Å². The lowest BCUT2D eigenvalue weighted by Crippen LogP contribution is -2.37. The molecule has 0 radical (unpaired) electrons. The number of hydrogen-bond donors (Lipinski definition) is 0. The fourth-order valence-corrected chi connectivity index (χ4v) is 5.20. The van der Waals surface area contributed by atoms with Crippen LogP contribution >= 0.6 is 0 Å². The van der Waals surface area contributed by atoms with Crippen LogP contribution in [-0.2, 0) is 11.3 Å². The van der Waals surface area contributed by atoms with Gasteiger partial charge in [-0.15, -0.1) is 0 Å². The van der Waals surface area contributed by atoms with E-state index in [9.17, 15) is 4.79 Å². The third-order valence-corrected chi connectivity index (χ3v) is 7.53. The molecule has 10 heteroatoms. The first kappa shape index (κ1) is 29.3. The molecule has 9 nitrogen and oxygen atoms in total. The van der Waals surface area contributed by atoms with E-state index in [1.165, 1.54) is 29.2 Å². The predicted octanol–water partition coefficient (Wildman–Crippen LogP) is 5.55. The first-order valence-electron chi connectivity index (χ1n) is 14.5. The molecular formula is C34H33FN4O5. The Bertz CT molecular complexity index is 1790. The molecule has 0 saturated carbocycles. The highest BCUT2D eigenvalue weighted by molar-refractivity contribution is 5.88. The lowest BCUT2D eigenvalue weighted by atomic mass is 10.1. The van der Waals surface area contributed by atoms with Crippen molar-refractivity contribution in [2.45, 2.75) is 13.0 Å². The standard InChI is InChI=1S/C34H33FN4O5/c1-41-32-19-26-29(20-33(32)43-15-5-12-38-13-16-42-17-14-38)37-11-10-30(26)44-31-9-8-25(18-28(31)35)27-21-36-23-39(34(27)40)22-24-6-3-2-4-7-24/h2-4,6-11,18-21,23H,5,12-17,22H2,1H3. The van der Waals surface area contributed by atoms with Crippen molar-refractivity contribution in [3.05, 3.63) is 107 Å². The van der Waals surface area contributed by atoms with Crippen molar-refractivity contribution in [2.75, 3.05) is 46.6 Å². The van der Waals surface area contributed by atoms with E-state index >= 15 is 4.39 Å². The molecular weight excluding hydrogens is 563 g/mol. The Morgan fingerprint density at radius 3 is 2.59 bits per heavy atom. The first-order chi connectivity index (χ1) is 21.6. The van der Waals surface area contributed by atoms with Crippen LogP contribution < -0.4 is 19.8 Å². The van der Waals surface area contributed by atoms with Crippen LogP contribution in [0, 0.1) is 5.82 Å². The fourth-order valence-electron chi connectivity index (χ4n) is 5.20. The Balaban J connectivity index is 1.18. The largest absolute Gasteiger partial charge is 0.493 e. The number of halogens is 1. The zero-order valence-corrected chi connectivity index (χ0v) is 24.4. The Morgan fingerprint density at radius 1 is 0.955 bits per heavy atom. The quantitative estimate of drug-likeness (QED) is 0.184. The van der Waals surface area contributed by atoms with Gasteiger partial charge < -0.3 is 18.9 Å². The van der Waals surface area contributed by atoms with Gasteiger partial charge >= 0.3 is 0 Å². The molecule has 0 unspecified atom stereocenters. The molecule has 0 spiro atoms. The Morgan fingerprint density at radius 2 is 1.80 bits per heavy atom. The van der Waals surface area contributed by atoms with Gasteiger partial charge in [-0.05, 0) is 41.8 Å². The molecule has 1 saturated heterocycles. The Kier molecular flexibility index (Phi) is 9.09. The van der Waals surface area contributed by atoms with E-state index in [-0.39, 0.29) is 11.3 Å². The third kappa shape index (κ3) is 6.72. The fraction of sp³-hybridized carbons (Fsp3) is 0.265. The van der Waals surface area contributed by atoms with Crippen molar-refractivity contribution in [1.82, 2.24) is 19.4 Å². The summed E-state index contributed by atoms with van der Waals surface area (Å²) in [5, 5.41) is 0.643. The average molecular weight is 597 g/mol. The van der Waals surface area contributed by atoms with Gasteiger partial charge in [-0.3, -0.25) is 19.2 Å². The van der Waals surface area contributed by atoms with Crippen LogP contribution in [0.4, 0.5) is 4.39 Å². The van der Waals surface area contributed by atoms with E-state index in [2.05, 4.69) is 14.9 Å². The molecule has 0 bridgehead atoms. The number of fused-ring (bicyclic) bond motifs is 1. The van der Waals surface area contributed by atoms with Crippen molar-refractivity contribution in [3.8, 4) is 34.1 Å². The van der Waals surface area contributed by atoms with Gasteiger partial charge in [0, 0.05) is 43.5 Å². The zero-order chi connectivity index (χ0) is 30.3. The second kappa shape index (κ2) is 13.7. The summed E-state index contributed by atoms with van der Waals surface area (Å²) >= 11 is 0. The number of pyridine rings is 1. The molecule has 0 N–H and O–H groups in total. The van der Waals surface area contributed by atoms with Crippen molar-refractivity contribution < 1.29 is 23.3 Å². The van der Waals surface area contributed by atoms with Gasteiger partial charge in [0.15, 0.2) is 23.1 Å². The predicted molar refractivity (Wildman–Crippen MR) is 165 cm³/mol. The Labute approximate surface area is 254 Å². The number of nitrogens with zero attached hydrogens (tertiary/aromatic N) is 4. The molecule has 6 rings (SSSR count). The van der Waals surface area contributed by atoms with Crippen molar-refractivity contribution in [2.24, 2.45) is 0 Å². The molecule has 0 aliphatic carbocycles. The topological polar surface area (TPSA) is 87.9 Å². The van der Waals surface area contributed by atoms with Gasteiger partial charge in [-0.2, -0.15) is 0 Å². The smallest absolute Gasteiger partial charge is 0.261 e. The summed E-state index contributed by atoms with van der Waals surface area (Å²) < 4.78 is 40.0. The van der Waals surface area contributed by atoms with Gasteiger partial charge in [-0.25, -0.2) is 9.37 Å². The number of rotatable bonds is 11. The zero-order valence-electron chi connectivity index (χ0n) is 24.4. The van der Waals surface area contributed by atoms with E-state index in [1.54, 1.807) is 37.6 Å². The van der Waals surface area contributed by atoms with E-state index in [0.29, 0.717) is 52.4 Å². The number of aromatic nitrogens is 3. The average Bonchev–Trinajstić information content (AvgIpc) is 3.06. The summed E-state index contributed by atoms with van der Waals surface area (Å²) in [6.45, 7) is 5.24. The van der Waals surface area contributed by atoms with Gasteiger partial charge in [0.25, 0.3) is 5.56 Å². The van der Waals surface area contributed by atoms with Gasteiger partial charge in [0.1, 0.15) is 5.75 Å². The van der Waals surface area contributed by atoms with Crippen molar-refractivity contribution in [1.29, 1.82) is 0 Å². The van der Waals surface area contributed by atoms with Gasteiger partial charge in [-0.1, -0.05) is 36.4 Å². The summed E-state index contributed by atoms with van der Waals surface area (Å²) in [4.78, 5) is 24.2. The molecule has 44 heavy (non-hydrogen) atoms. The van der Waals surface area contributed by atoms with E-state index in [1.807, 2.05) is 30.3 Å². The minimum absolute atomic E-state index is 0.0113. The lowest BCUT2D eigenvalue weighted by molar-refractivity contribution is 0.0357. The first-order valence-corrected chi connectivity index (χ1v) is 14.5. The lowest BCUT2D eigenvalue weighted by Gasteiger charge is -2.26. The number of benzene rings is 3. The molecule has 226 valence electrons. The van der Waals surface area contributed by atoms with E-state index in [4.69, 9.17) is 18.9 Å². The van der Waals surface area contributed by atoms with Crippen LogP contribution in [0.5, 0.6) is 23.0 Å². The summed E-state index contributed by atoms with van der Waals surface area (Å²) in [5.41, 5.74) is 2.03. The molecule has 0 atom stereocenters. The van der Waals surface area contributed by atoms with E-state index < -0.39 is 5.82 Å². The summed E-state index contributed by atoms with van der Waals surface area (Å²) in [7, 11) is 1.57.